The lowest BCUT2D eigenvalue weighted by Gasteiger charge is -2.40. The van der Waals surface area contributed by atoms with Crippen LogP contribution in [0, 0.1) is 5.92 Å². The van der Waals surface area contributed by atoms with Gasteiger partial charge in [0.15, 0.2) is 0 Å². The Labute approximate surface area is 109 Å². The maximum absolute atomic E-state index is 12.1. The number of likely N-dealkylation sites (N-methyl/N-ethyl adjacent to an activating group) is 1. The Morgan fingerprint density at radius 2 is 1.83 bits per heavy atom. The first-order chi connectivity index (χ1) is 8.72. The lowest BCUT2D eigenvalue weighted by atomic mass is 9.90. The molecule has 0 aromatic heterocycles. The van der Waals surface area contributed by atoms with Crippen LogP contribution in [0.1, 0.15) is 12.8 Å². The van der Waals surface area contributed by atoms with E-state index in [2.05, 4.69) is 16.8 Å². The number of methoxy groups -OCH3 is 1. The summed E-state index contributed by atoms with van der Waals surface area (Å²) in [5.41, 5.74) is 0. The predicted octanol–water partition coefficient (Wildman–Crippen LogP) is 0.202. The van der Waals surface area contributed by atoms with Crippen LogP contribution in [0.4, 0.5) is 0 Å². The molecule has 0 amide bonds. The highest BCUT2D eigenvalue weighted by Gasteiger charge is 2.36. The van der Waals surface area contributed by atoms with Gasteiger partial charge in [-0.3, -0.25) is 9.69 Å². The Hall–Kier alpha value is -0.650. The summed E-state index contributed by atoms with van der Waals surface area (Å²) in [5, 5.41) is 0. The van der Waals surface area contributed by atoms with E-state index < -0.39 is 0 Å². The molecule has 2 aliphatic heterocycles. The lowest BCUT2D eigenvalue weighted by molar-refractivity contribution is -0.151. The van der Waals surface area contributed by atoms with Crippen LogP contribution < -0.4 is 0 Å². The SMILES string of the molecule is COC(=O)C(C1CCOCC1)N1CCN(C)CC1. The summed E-state index contributed by atoms with van der Waals surface area (Å²) in [4.78, 5) is 16.7. The second-order valence-electron chi connectivity index (χ2n) is 5.26. The van der Waals surface area contributed by atoms with Crippen molar-refractivity contribution in [2.24, 2.45) is 5.92 Å². The minimum Gasteiger partial charge on any atom is -0.468 e. The van der Waals surface area contributed by atoms with E-state index in [9.17, 15) is 4.79 Å². The molecule has 0 aromatic rings. The zero-order valence-electron chi connectivity index (χ0n) is 11.4. The second kappa shape index (κ2) is 6.50. The summed E-state index contributed by atoms with van der Waals surface area (Å²) < 4.78 is 10.4. The summed E-state index contributed by atoms with van der Waals surface area (Å²) in [6.45, 7) is 5.49. The van der Waals surface area contributed by atoms with E-state index in [1.807, 2.05) is 0 Å². The smallest absolute Gasteiger partial charge is 0.323 e. The minimum absolute atomic E-state index is 0.0763. The minimum atomic E-state index is -0.0774. The molecule has 2 aliphatic rings. The van der Waals surface area contributed by atoms with Crippen molar-refractivity contribution in [3.8, 4) is 0 Å². The molecule has 2 rings (SSSR count). The fourth-order valence-corrected chi connectivity index (χ4v) is 2.89. The van der Waals surface area contributed by atoms with Gasteiger partial charge in [0.05, 0.1) is 7.11 Å². The number of ether oxygens (including phenoxy) is 2. The maximum atomic E-state index is 12.1. The molecule has 0 spiro atoms. The van der Waals surface area contributed by atoms with Gasteiger partial charge in [0.1, 0.15) is 6.04 Å². The van der Waals surface area contributed by atoms with Crippen molar-refractivity contribution in [2.45, 2.75) is 18.9 Å². The number of carbonyl (C=O) groups is 1. The van der Waals surface area contributed by atoms with Crippen LogP contribution in [0.5, 0.6) is 0 Å². The van der Waals surface area contributed by atoms with E-state index in [1.54, 1.807) is 0 Å². The molecule has 0 aromatic carbocycles. The molecular weight excluding hydrogens is 232 g/mol. The molecule has 5 heteroatoms. The van der Waals surface area contributed by atoms with Gasteiger partial charge in [-0.15, -0.1) is 0 Å². The van der Waals surface area contributed by atoms with E-state index in [-0.39, 0.29) is 12.0 Å². The molecule has 1 unspecified atom stereocenters. The zero-order valence-corrected chi connectivity index (χ0v) is 11.4. The third kappa shape index (κ3) is 3.22. The number of carbonyl (C=O) groups excluding carboxylic acids is 1. The molecule has 0 aliphatic carbocycles. The highest BCUT2D eigenvalue weighted by molar-refractivity contribution is 5.76. The van der Waals surface area contributed by atoms with Crippen LogP contribution in [-0.4, -0.2) is 75.4 Å². The predicted molar refractivity (Wildman–Crippen MR) is 68.4 cm³/mol. The number of hydrogen-bond acceptors (Lipinski definition) is 5. The highest BCUT2D eigenvalue weighted by Crippen LogP contribution is 2.24. The van der Waals surface area contributed by atoms with Crippen molar-refractivity contribution < 1.29 is 14.3 Å². The average molecular weight is 256 g/mol. The molecule has 1 atom stereocenters. The van der Waals surface area contributed by atoms with Gasteiger partial charge < -0.3 is 14.4 Å². The molecule has 2 saturated heterocycles. The number of rotatable bonds is 3. The molecule has 2 fully saturated rings. The first kappa shape index (κ1) is 13.8. The third-order valence-electron chi connectivity index (χ3n) is 4.09. The number of hydrogen-bond donors (Lipinski definition) is 0. The zero-order chi connectivity index (χ0) is 13.0. The molecule has 2 heterocycles. The first-order valence-corrected chi connectivity index (χ1v) is 6.80. The Balaban J connectivity index is 2.01. The topological polar surface area (TPSA) is 42.0 Å². The third-order valence-corrected chi connectivity index (χ3v) is 4.09. The van der Waals surface area contributed by atoms with Crippen LogP contribution in [0.25, 0.3) is 0 Å². The summed E-state index contributed by atoms with van der Waals surface area (Å²) >= 11 is 0. The van der Waals surface area contributed by atoms with Crippen LogP contribution in [-0.2, 0) is 14.3 Å². The van der Waals surface area contributed by atoms with Gasteiger partial charge in [-0.1, -0.05) is 0 Å². The summed E-state index contributed by atoms with van der Waals surface area (Å²) in [5.74, 6) is 0.307. The molecular formula is C13H24N2O3. The van der Waals surface area contributed by atoms with Crippen molar-refractivity contribution in [1.82, 2.24) is 9.80 Å². The number of nitrogens with zero attached hydrogens (tertiary/aromatic N) is 2. The Kier molecular flexibility index (Phi) is 4.97. The first-order valence-electron chi connectivity index (χ1n) is 6.80. The number of piperazine rings is 1. The molecule has 18 heavy (non-hydrogen) atoms. The maximum Gasteiger partial charge on any atom is 0.323 e. The largest absolute Gasteiger partial charge is 0.468 e. The van der Waals surface area contributed by atoms with Crippen LogP contribution in [0.2, 0.25) is 0 Å². The van der Waals surface area contributed by atoms with Crippen molar-refractivity contribution in [1.29, 1.82) is 0 Å². The van der Waals surface area contributed by atoms with Crippen molar-refractivity contribution in [2.75, 3.05) is 53.6 Å². The summed E-state index contributed by atoms with van der Waals surface area (Å²) in [7, 11) is 3.61. The molecule has 5 nitrogen and oxygen atoms in total. The van der Waals surface area contributed by atoms with Crippen LogP contribution >= 0.6 is 0 Å². The molecule has 0 bridgehead atoms. The highest BCUT2D eigenvalue weighted by atomic mass is 16.5. The van der Waals surface area contributed by atoms with Crippen molar-refractivity contribution >= 4 is 5.97 Å². The molecule has 104 valence electrons. The van der Waals surface area contributed by atoms with Gasteiger partial charge in [-0.25, -0.2) is 0 Å². The van der Waals surface area contributed by atoms with E-state index in [0.717, 1.165) is 52.2 Å². The fourth-order valence-electron chi connectivity index (χ4n) is 2.89. The molecule has 0 saturated carbocycles. The standard InChI is InChI=1S/C13H24N2O3/c1-14-5-7-15(8-6-14)12(13(16)17-2)11-3-9-18-10-4-11/h11-12H,3-10H2,1-2H3. The average Bonchev–Trinajstić information content (AvgIpc) is 2.42. The van der Waals surface area contributed by atoms with E-state index >= 15 is 0 Å². The lowest BCUT2D eigenvalue weighted by Crippen LogP contribution is -2.55. The van der Waals surface area contributed by atoms with Crippen molar-refractivity contribution in [3.05, 3.63) is 0 Å². The monoisotopic (exact) mass is 256 g/mol. The van der Waals surface area contributed by atoms with Gasteiger partial charge >= 0.3 is 5.97 Å². The Morgan fingerprint density at radius 1 is 1.22 bits per heavy atom. The summed E-state index contributed by atoms with van der Waals surface area (Å²) in [6, 6.07) is -0.0763. The normalized spacial score (nSPS) is 25.9. The van der Waals surface area contributed by atoms with Gasteiger partial charge in [-0.05, 0) is 25.8 Å². The Bertz CT molecular complexity index is 271. The van der Waals surface area contributed by atoms with Gasteiger partial charge in [0.25, 0.3) is 0 Å². The van der Waals surface area contributed by atoms with E-state index in [4.69, 9.17) is 9.47 Å². The number of esters is 1. The quantitative estimate of drug-likeness (QED) is 0.675. The molecule has 0 N–H and O–H groups in total. The van der Waals surface area contributed by atoms with E-state index in [0.29, 0.717) is 5.92 Å². The second-order valence-corrected chi connectivity index (χ2v) is 5.26. The van der Waals surface area contributed by atoms with Crippen LogP contribution in [0.3, 0.4) is 0 Å². The van der Waals surface area contributed by atoms with Gasteiger partial charge in [0.2, 0.25) is 0 Å². The summed E-state index contributed by atoms with van der Waals surface area (Å²) in [6.07, 6.45) is 1.93. The Morgan fingerprint density at radius 3 is 2.39 bits per heavy atom. The van der Waals surface area contributed by atoms with E-state index in [1.165, 1.54) is 7.11 Å². The fraction of sp³-hybridized carbons (Fsp3) is 0.923. The van der Waals surface area contributed by atoms with Crippen LogP contribution in [0.15, 0.2) is 0 Å². The van der Waals surface area contributed by atoms with Gasteiger partial charge in [-0.2, -0.15) is 0 Å². The molecule has 0 radical (unpaired) electrons. The van der Waals surface area contributed by atoms with Gasteiger partial charge in [0, 0.05) is 39.4 Å². The van der Waals surface area contributed by atoms with Crippen molar-refractivity contribution in [3.63, 3.8) is 0 Å².